The minimum atomic E-state index is 0.0542. The molecule has 1 rings (SSSR count). The molecule has 0 aromatic carbocycles. The molecule has 3 heteroatoms. The van der Waals surface area contributed by atoms with Crippen molar-refractivity contribution < 1.29 is 9.53 Å². The van der Waals surface area contributed by atoms with Crippen LogP contribution < -0.4 is 0 Å². The van der Waals surface area contributed by atoms with E-state index in [0.29, 0.717) is 0 Å². The molecule has 15 heavy (non-hydrogen) atoms. The monoisotopic (exact) mass is 209 g/mol. The molecule has 0 bridgehead atoms. The van der Waals surface area contributed by atoms with Crippen molar-refractivity contribution in [3.05, 3.63) is 24.0 Å². The van der Waals surface area contributed by atoms with E-state index in [1.807, 2.05) is 37.0 Å². The van der Waals surface area contributed by atoms with Crippen LogP contribution in [-0.2, 0) is 11.8 Å². The molecule has 0 saturated carbocycles. The van der Waals surface area contributed by atoms with Gasteiger partial charge in [-0.25, -0.2) is 0 Å². The van der Waals surface area contributed by atoms with Crippen molar-refractivity contribution >= 4 is 5.78 Å². The van der Waals surface area contributed by atoms with Crippen LogP contribution in [0.4, 0.5) is 0 Å². The third kappa shape index (κ3) is 3.88. The van der Waals surface area contributed by atoms with Crippen LogP contribution in [0.3, 0.4) is 0 Å². The number of hydrogen-bond donors (Lipinski definition) is 0. The first-order valence-electron chi connectivity index (χ1n) is 5.40. The van der Waals surface area contributed by atoms with Gasteiger partial charge in [-0.3, -0.25) is 4.79 Å². The summed E-state index contributed by atoms with van der Waals surface area (Å²) in [5, 5.41) is 0. The normalized spacial score (nSPS) is 12.7. The second-order valence-corrected chi connectivity index (χ2v) is 3.90. The number of rotatable bonds is 6. The Kier molecular flexibility index (Phi) is 4.56. The number of aryl methyl sites for hydroxylation is 1. The topological polar surface area (TPSA) is 31.2 Å². The number of carbonyl (C=O) groups excluding carboxylic acids is 1. The second-order valence-electron chi connectivity index (χ2n) is 3.90. The van der Waals surface area contributed by atoms with Crippen LogP contribution in [-0.4, -0.2) is 23.1 Å². The fourth-order valence-electron chi connectivity index (χ4n) is 1.46. The number of carbonyl (C=O) groups is 1. The molecule has 0 radical (unpaired) electrons. The minimum Gasteiger partial charge on any atom is -0.370 e. The molecule has 1 heterocycles. The van der Waals surface area contributed by atoms with E-state index in [-0.39, 0.29) is 18.5 Å². The first-order valence-corrected chi connectivity index (χ1v) is 5.40. The highest BCUT2D eigenvalue weighted by Crippen LogP contribution is 2.05. The molecule has 0 N–H and O–H groups in total. The number of nitrogens with zero attached hydrogens (tertiary/aromatic N) is 1. The van der Waals surface area contributed by atoms with E-state index in [4.69, 9.17) is 4.74 Å². The Morgan fingerprint density at radius 2 is 2.33 bits per heavy atom. The van der Waals surface area contributed by atoms with Crippen molar-refractivity contribution in [3.8, 4) is 0 Å². The van der Waals surface area contributed by atoms with Gasteiger partial charge in [0.2, 0.25) is 0 Å². The van der Waals surface area contributed by atoms with Crippen LogP contribution in [0.25, 0.3) is 0 Å². The maximum Gasteiger partial charge on any atom is 0.189 e. The van der Waals surface area contributed by atoms with Gasteiger partial charge in [-0.2, -0.15) is 0 Å². The summed E-state index contributed by atoms with van der Waals surface area (Å²) < 4.78 is 7.31. The van der Waals surface area contributed by atoms with E-state index in [1.165, 1.54) is 0 Å². The second kappa shape index (κ2) is 5.71. The van der Waals surface area contributed by atoms with E-state index in [1.54, 1.807) is 0 Å². The third-order valence-corrected chi connectivity index (χ3v) is 2.35. The molecule has 0 aliphatic heterocycles. The average Bonchev–Trinajstić information content (AvgIpc) is 2.62. The van der Waals surface area contributed by atoms with E-state index < -0.39 is 0 Å². The molecular formula is C12H19NO2. The van der Waals surface area contributed by atoms with Gasteiger partial charge in [0.25, 0.3) is 0 Å². The summed E-state index contributed by atoms with van der Waals surface area (Å²) >= 11 is 0. The van der Waals surface area contributed by atoms with Gasteiger partial charge < -0.3 is 9.30 Å². The van der Waals surface area contributed by atoms with Gasteiger partial charge in [-0.05, 0) is 19.4 Å². The lowest BCUT2D eigenvalue weighted by molar-refractivity contribution is 0.0490. The molecule has 3 nitrogen and oxygen atoms in total. The van der Waals surface area contributed by atoms with Crippen molar-refractivity contribution in [2.45, 2.75) is 32.8 Å². The predicted molar refractivity (Wildman–Crippen MR) is 60.1 cm³/mol. The van der Waals surface area contributed by atoms with E-state index in [2.05, 4.69) is 6.92 Å². The van der Waals surface area contributed by atoms with Gasteiger partial charge in [-0.1, -0.05) is 13.3 Å². The lowest BCUT2D eigenvalue weighted by atomic mass is 10.2. The molecular weight excluding hydrogens is 190 g/mol. The van der Waals surface area contributed by atoms with Gasteiger partial charge in [0.15, 0.2) is 5.78 Å². The van der Waals surface area contributed by atoms with Gasteiger partial charge in [0.1, 0.15) is 6.61 Å². The van der Waals surface area contributed by atoms with E-state index >= 15 is 0 Å². The van der Waals surface area contributed by atoms with Crippen molar-refractivity contribution in [2.75, 3.05) is 6.61 Å². The molecule has 84 valence electrons. The summed E-state index contributed by atoms with van der Waals surface area (Å²) in [7, 11) is 1.90. The van der Waals surface area contributed by atoms with Gasteiger partial charge in [-0.15, -0.1) is 0 Å². The Bertz CT molecular complexity index is 317. The molecule has 0 amide bonds. The lowest BCUT2D eigenvalue weighted by Gasteiger charge is -2.10. The summed E-state index contributed by atoms with van der Waals surface area (Å²) in [4.78, 5) is 11.6. The molecule has 1 aromatic rings. The molecule has 1 atom stereocenters. The van der Waals surface area contributed by atoms with Crippen LogP contribution in [0.15, 0.2) is 18.5 Å². The summed E-state index contributed by atoms with van der Waals surface area (Å²) in [5.41, 5.74) is 0.723. The minimum absolute atomic E-state index is 0.0542. The molecule has 0 spiro atoms. The van der Waals surface area contributed by atoms with Crippen molar-refractivity contribution in [1.29, 1.82) is 0 Å². The highest BCUT2D eigenvalue weighted by Gasteiger charge is 2.09. The van der Waals surface area contributed by atoms with Crippen LogP contribution in [0.1, 0.15) is 37.0 Å². The quantitative estimate of drug-likeness (QED) is 0.674. The summed E-state index contributed by atoms with van der Waals surface area (Å²) in [6.45, 7) is 4.30. The fourth-order valence-corrected chi connectivity index (χ4v) is 1.46. The fraction of sp³-hybridized carbons (Fsp3) is 0.583. The zero-order valence-corrected chi connectivity index (χ0v) is 9.69. The number of ether oxygens (including phenoxy) is 1. The number of ketones is 1. The Morgan fingerprint density at radius 1 is 1.60 bits per heavy atom. The van der Waals surface area contributed by atoms with Crippen molar-refractivity contribution in [2.24, 2.45) is 7.05 Å². The molecule has 0 fully saturated rings. The maximum atomic E-state index is 11.6. The van der Waals surface area contributed by atoms with Crippen LogP contribution in [0.2, 0.25) is 0 Å². The first-order chi connectivity index (χ1) is 7.13. The van der Waals surface area contributed by atoms with Gasteiger partial charge in [0, 0.05) is 25.0 Å². The largest absolute Gasteiger partial charge is 0.370 e. The number of aromatic nitrogens is 1. The van der Waals surface area contributed by atoms with Crippen LogP contribution in [0, 0.1) is 0 Å². The summed E-state index contributed by atoms with van der Waals surface area (Å²) in [5.74, 6) is 0.0542. The Morgan fingerprint density at radius 3 is 2.87 bits per heavy atom. The third-order valence-electron chi connectivity index (χ3n) is 2.35. The standard InChI is InChI=1S/C12H19NO2/c1-4-5-10(2)15-9-12(14)11-6-7-13(3)8-11/h6-8,10H,4-5,9H2,1-3H3. The lowest BCUT2D eigenvalue weighted by Crippen LogP contribution is -2.15. The average molecular weight is 209 g/mol. The smallest absolute Gasteiger partial charge is 0.189 e. The molecule has 0 aliphatic rings. The van der Waals surface area contributed by atoms with Crippen LogP contribution in [0.5, 0.6) is 0 Å². The molecule has 0 saturated heterocycles. The number of hydrogen-bond acceptors (Lipinski definition) is 2. The molecule has 1 unspecified atom stereocenters. The van der Waals surface area contributed by atoms with Crippen molar-refractivity contribution in [1.82, 2.24) is 4.57 Å². The number of Topliss-reactive ketones (excluding diaryl/α,β-unsaturated/α-hetero) is 1. The molecule has 1 aromatic heterocycles. The maximum absolute atomic E-state index is 11.6. The molecule has 0 aliphatic carbocycles. The SMILES string of the molecule is CCCC(C)OCC(=O)c1ccn(C)c1. The highest BCUT2D eigenvalue weighted by molar-refractivity contribution is 5.96. The Labute approximate surface area is 91.0 Å². The Hall–Kier alpha value is -1.09. The van der Waals surface area contributed by atoms with E-state index in [9.17, 15) is 4.79 Å². The van der Waals surface area contributed by atoms with Crippen molar-refractivity contribution in [3.63, 3.8) is 0 Å². The van der Waals surface area contributed by atoms with E-state index in [0.717, 1.165) is 18.4 Å². The first kappa shape index (κ1) is 12.0. The van der Waals surface area contributed by atoms with Gasteiger partial charge >= 0.3 is 0 Å². The zero-order chi connectivity index (χ0) is 11.3. The Balaban J connectivity index is 2.36. The summed E-state index contributed by atoms with van der Waals surface area (Å²) in [6, 6.07) is 1.82. The van der Waals surface area contributed by atoms with Crippen LogP contribution >= 0.6 is 0 Å². The predicted octanol–water partition coefficient (Wildman–Crippen LogP) is 2.41. The zero-order valence-electron chi connectivity index (χ0n) is 9.69. The summed E-state index contributed by atoms with van der Waals surface area (Å²) in [6.07, 6.45) is 5.93. The highest BCUT2D eigenvalue weighted by atomic mass is 16.5. The van der Waals surface area contributed by atoms with Gasteiger partial charge in [0.05, 0.1) is 6.10 Å².